The molecule has 0 N–H and O–H groups in total. The van der Waals surface area contributed by atoms with Gasteiger partial charge in [-0.25, -0.2) is 0 Å². The first-order chi connectivity index (χ1) is 10.5. The fourth-order valence-corrected chi connectivity index (χ4v) is 3.57. The highest BCUT2D eigenvalue weighted by atomic mass is 16.4. The summed E-state index contributed by atoms with van der Waals surface area (Å²) in [7, 11) is 0. The average molecular weight is 298 g/mol. The number of amides is 1. The number of allylic oxidation sites excluding steroid dienone is 2. The van der Waals surface area contributed by atoms with Gasteiger partial charge in [0.05, 0.1) is 5.92 Å². The smallest absolute Gasteiger partial charge is 0.231 e. The third-order valence-electron chi connectivity index (χ3n) is 5.04. The maximum Gasteiger partial charge on any atom is 0.231 e. The van der Waals surface area contributed by atoms with Gasteiger partial charge in [-0.3, -0.25) is 4.79 Å². The number of hydrogen-bond donors (Lipinski definition) is 0. The van der Waals surface area contributed by atoms with Crippen LogP contribution >= 0.6 is 0 Å². The number of para-hydroxylation sites is 1. The quantitative estimate of drug-likeness (QED) is 0.781. The molecule has 1 heterocycles. The molecule has 2 aliphatic rings. The molecule has 0 radical (unpaired) electrons. The molecule has 0 unspecified atom stereocenters. The van der Waals surface area contributed by atoms with Gasteiger partial charge in [0.15, 0.2) is 0 Å². The Balaban J connectivity index is 1.90. The van der Waals surface area contributed by atoms with E-state index in [-0.39, 0.29) is 5.91 Å². The van der Waals surface area contributed by atoms with Crippen LogP contribution in [0.2, 0.25) is 0 Å². The molecule has 0 aromatic heterocycles. The van der Waals surface area contributed by atoms with Crippen molar-refractivity contribution < 1.29 is 14.7 Å². The number of anilines is 1. The van der Waals surface area contributed by atoms with E-state index in [2.05, 4.69) is 0 Å². The Labute approximate surface area is 130 Å². The van der Waals surface area contributed by atoms with Crippen LogP contribution in [0.1, 0.15) is 32.3 Å². The minimum Gasteiger partial charge on any atom is -0.550 e. The molecule has 3 rings (SSSR count). The molecule has 2 atom stereocenters. The molecule has 1 amide bonds. The van der Waals surface area contributed by atoms with Gasteiger partial charge in [-0.05, 0) is 44.7 Å². The predicted molar refractivity (Wildman–Crippen MR) is 82.1 cm³/mol. The SMILES string of the molecule is CC1=C(C)C[C@@H](C(=O)[O-])[C@@H](C(=O)N2CCc3ccccc32)C1. The molecule has 22 heavy (non-hydrogen) atoms. The van der Waals surface area contributed by atoms with Crippen LogP contribution in [0, 0.1) is 11.8 Å². The lowest BCUT2D eigenvalue weighted by Crippen LogP contribution is -2.46. The number of nitrogens with zero attached hydrogens (tertiary/aromatic N) is 1. The molecule has 1 aromatic rings. The lowest BCUT2D eigenvalue weighted by molar-refractivity contribution is -0.313. The molecule has 4 nitrogen and oxygen atoms in total. The first-order valence-corrected chi connectivity index (χ1v) is 7.74. The lowest BCUT2D eigenvalue weighted by atomic mass is 9.76. The van der Waals surface area contributed by atoms with Crippen molar-refractivity contribution in [1.82, 2.24) is 0 Å². The van der Waals surface area contributed by atoms with Gasteiger partial charge >= 0.3 is 0 Å². The van der Waals surface area contributed by atoms with Gasteiger partial charge in [0.25, 0.3) is 0 Å². The van der Waals surface area contributed by atoms with Crippen LogP contribution in [-0.4, -0.2) is 18.4 Å². The zero-order chi connectivity index (χ0) is 15.9. The zero-order valence-corrected chi connectivity index (χ0v) is 13.0. The molecule has 0 bridgehead atoms. The first kappa shape index (κ1) is 14.8. The minimum atomic E-state index is -1.11. The molecule has 0 saturated heterocycles. The van der Waals surface area contributed by atoms with E-state index in [1.165, 1.54) is 0 Å². The van der Waals surface area contributed by atoms with E-state index >= 15 is 0 Å². The molecule has 1 aliphatic carbocycles. The van der Waals surface area contributed by atoms with Gasteiger partial charge in [-0.1, -0.05) is 29.3 Å². The van der Waals surface area contributed by atoms with E-state index < -0.39 is 17.8 Å². The third kappa shape index (κ3) is 2.43. The Bertz CT molecular complexity index is 662. The summed E-state index contributed by atoms with van der Waals surface area (Å²) in [5.41, 5.74) is 4.28. The fourth-order valence-electron chi connectivity index (χ4n) is 3.57. The summed E-state index contributed by atoms with van der Waals surface area (Å²) in [5, 5.41) is 11.5. The number of carboxylic acid groups (broad SMARTS) is 1. The zero-order valence-electron chi connectivity index (χ0n) is 13.0. The van der Waals surface area contributed by atoms with Crippen LogP contribution < -0.4 is 10.0 Å². The monoisotopic (exact) mass is 298 g/mol. The predicted octanol–water partition coefficient (Wildman–Crippen LogP) is 1.69. The maximum atomic E-state index is 12.9. The van der Waals surface area contributed by atoms with Crippen molar-refractivity contribution in [2.24, 2.45) is 11.8 Å². The number of carbonyl (C=O) groups excluding carboxylic acids is 2. The van der Waals surface area contributed by atoms with E-state index in [0.29, 0.717) is 19.4 Å². The number of aliphatic carboxylic acids is 1. The van der Waals surface area contributed by atoms with Crippen LogP contribution in [0.4, 0.5) is 5.69 Å². The van der Waals surface area contributed by atoms with Crippen LogP contribution in [0.5, 0.6) is 0 Å². The Kier molecular flexibility index (Phi) is 3.77. The molecule has 0 saturated carbocycles. The Hall–Kier alpha value is -2.10. The standard InChI is InChI=1S/C18H21NO3/c1-11-9-14(15(18(21)22)10-12(11)2)17(20)19-8-7-13-5-3-4-6-16(13)19/h3-6,14-15H,7-10H2,1-2H3,(H,21,22)/p-1/t14-,15+/m0/s1. The first-order valence-electron chi connectivity index (χ1n) is 7.74. The largest absolute Gasteiger partial charge is 0.550 e. The van der Waals surface area contributed by atoms with Crippen LogP contribution in [0.25, 0.3) is 0 Å². The second-order valence-corrected chi connectivity index (χ2v) is 6.37. The van der Waals surface area contributed by atoms with Crippen molar-refractivity contribution in [2.75, 3.05) is 11.4 Å². The number of hydrogen-bond acceptors (Lipinski definition) is 3. The number of carbonyl (C=O) groups is 2. The maximum absolute atomic E-state index is 12.9. The van der Waals surface area contributed by atoms with Gasteiger partial charge in [0.2, 0.25) is 5.91 Å². The van der Waals surface area contributed by atoms with Crippen LogP contribution in [0.15, 0.2) is 35.4 Å². The second kappa shape index (κ2) is 5.59. The van der Waals surface area contributed by atoms with E-state index in [1.54, 1.807) is 4.90 Å². The minimum absolute atomic E-state index is 0.0778. The molecule has 4 heteroatoms. The number of rotatable bonds is 2. The number of benzene rings is 1. The van der Waals surface area contributed by atoms with E-state index in [9.17, 15) is 14.7 Å². The molecule has 0 fully saturated rings. The van der Waals surface area contributed by atoms with Gasteiger partial charge in [0, 0.05) is 24.1 Å². The van der Waals surface area contributed by atoms with Crippen molar-refractivity contribution in [3.63, 3.8) is 0 Å². The van der Waals surface area contributed by atoms with Crippen molar-refractivity contribution in [3.8, 4) is 0 Å². The fraction of sp³-hybridized carbons (Fsp3) is 0.444. The summed E-state index contributed by atoms with van der Waals surface area (Å²) in [4.78, 5) is 26.2. The van der Waals surface area contributed by atoms with E-state index in [4.69, 9.17) is 0 Å². The van der Waals surface area contributed by atoms with Gasteiger partial charge in [-0.15, -0.1) is 0 Å². The molecular formula is C18H20NO3-. The average Bonchev–Trinajstić information content (AvgIpc) is 2.92. The number of carboxylic acids is 1. The lowest BCUT2D eigenvalue weighted by Gasteiger charge is -2.35. The van der Waals surface area contributed by atoms with E-state index in [0.717, 1.165) is 28.8 Å². The number of fused-ring (bicyclic) bond motifs is 1. The molecule has 0 spiro atoms. The Morgan fingerprint density at radius 2 is 1.73 bits per heavy atom. The topological polar surface area (TPSA) is 60.4 Å². The summed E-state index contributed by atoms with van der Waals surface area (Å²) >= 11 is 0. The third-order valence-corrected chi connectivity index (χ3v) is 5.04. The summed E-state index contributed by atoms with van der Waals surface area (Å²) in [5.74, 6) is -2.42. The second-order valence-electron chi connectivity index (χ2n) is 6.37. The Morgan fingerprint density at radius 3 is 2.41 bits per heavy atom. The van der Waals surface area contributed by atoms with Gasteiger partial charge in [0.1, 0.15) is 0 Å². The molecular weight excluding hydrogens is 278 g/mol. The van der Waals surface area contributed by atoms with Crippen LogP contribution in [0.3, 0.4) is 0 Å². The van der Waals surface area contributed by atoms with Gasteiger partial charge < -0.3 is 14.8 Å². The van der Waals surface area contributed by atoms with Crippen molar-refractivity contribution in [3.05, 3.63) is 41.0 Å². The normalized spacial score (nSPS) is 24.4. The highest BCUT2D eigenvalue weighted by Crippen LogP contribution is 2.37. The van der Waals surface area contributed by atoms with Gasteiger partial charge in [-0.2, -0.15) is 0 Å². The summed E-state index contributed by atoms with van der Waals surface area (Å²) in [6, 6.07) is 7.84. The van der Waals surface area contributed by atoms with Crippen LogP contribution in [-0.2, 0) is 16.0 Å². The molecule has 1 aromatic carbocycles. The highest BCUT2D eigenvalue weighted by molar-refractivity contribution is 5.99. The summed E-state index contributed by atoms with van der Waals surface area (Å²) in [6.07, 6.45) is 1.76. The molecule has 1 aliphatic heterocycles. The highest BCUT2D eigenvalue weighted by Gasteiger charge is 2.37. The van der Waals surface area contributed by atoms with Crippen molar-refractivity contribution >= 4 is 17.6 Å². The summed E-state index contributed by atoms with van der Waals surface area (Å²) < 4.78 is 0. The van der Waals surface area contributed by atoms with E-state index in [1.807, 2.05) is 38.1 Å². The van der Waals surface area contributed by atoms with Crippen molar-refractivity contribution in [2.45, 2.75) is 33.1 Å². The summed E-state index contributed by atoms with van der Waals surface area (Å²) in [6.45, 7) is 4.56. The Morgan fingerprint density at radius 1 is 1.09 bits per heavy atom. The molecule has 116 valence electrons. The van der Waals surface area contributed by atoms with Crippen molar-refractivity contribution in [1.29, 1.82) is 0 Å².